The molecule has 0 aliphatic heterocycles. The Bertz CT molecular complexity index is 588. The molecule has 0 N–H and O–H groups in total. The van der Waals surface area contributed by atoms with Crippen LogP contribution in [0.25, 0.3) is 0 Å². The van der Waals surface area contributed by atoms with E-state index in [9.17, 15) is 4.79 Å². The topological polar surface area (TPSA) is 17.1 Å². The lowest BCUT2D eigenvalue weighted by Crippen LogP contribution is -2.36. The average molecular weight is 447 g/mol. The van der Waals surface area contributed by atoms with E-state index in [-0.39, 0.29) is 16.7 Å². The van der Waals surface area contributed by atoms with Crippen molar-refractivity contribution in [1.82, 2.24) is 0 Å². The number of ketones is 1. The molecule has 1 rings (SSSR count). The summed E-state index contributed by atoms with van der Waals surface area (Å²) < 4.78 is 0. The lowest BCUT2D eigenvalue weighted by Gasteiger charge is -2.32. The van der Waals surface area contributed by atoms with Gasteiger partial charge in [-0.15, -0.1) is 5.54 Å². The maximum atomic E-state index is 13.9. The molecule has 1 nitrogen and oxygen atoms in total. The number of carbonyl (C=O) groups is 1. The van der Waals surface area contributed by atoms with E-state index in [1.54, 1.807) is 0 Å². The van der Waals surface area contributed by atoms with Gasteiger partial charge in [0.2, 0.25) is 0 Å². The van der Waals surface area contributed by atoms with Crippen LogP contribution in [-0.2, 0) is 4.79 Å². The van der Waals surface area contributed by atoms with Gasteiger partial charge in [0.25, 0.3) is 0 Å². The molecule has 0 bridgehead atoms. The lowest BCUT2D eigenvalue weighted by atomic mass is 9.71. The van der Waals surface area contributed by atoms with Gasteiger partial charge < -0.3 is 0 Å². The molecule has 0 aromatic rings. The Morgan fingerprint density at radius 3 is 1.74 bits per heavy atom. The number of unbranched alkanes of at least 4 members (excludes halogenated alkanes) is 3. The summed E-state index contributed by atoms with van der Waals surface area (Å²) >= 11 is 0. The zero-order valence-electron chi connectivity index (χ0n) is 22.7. The molecule has 0 saturated heterocycles. The van der Waals surface area contributed by atoms with Crippen molar-refractivity contribution in [2.45, 2.75) is 145 Å². The van der Waals surface area contributed by atoms with Gasteiger partial charge in [0.15, 0.2) is 5.78 Å². The van der Waals surface area contributed by atoms with E-state index in [2.05, 4.69) is 73.8 Å². The van der Waals surface area contributed by atoms with Crippen molar-refractivity contribution in [3.05, 3.63) is 0 Å². The zero-order valence-corrected chi connectivity index (χ0v) is 23.7. The minimum atomic E-state index is -1.66. The molecule has 180 valence electrons. The number of rotatable bonds is 11. The van der Waals surface area contributed by atoms with Crippen LogP contribution in [0.3, 0.4) is 0 Å². The second-order valence-corrected chi connectivity index (χ2v) is 17.3. The molecule has 1 saturated carbocycles. The quantitative estimate of drug-likeness (QED) is 0.228. The van der Waals surface area contributed by atoms with E-state index in [1.165, 1.54) is 56.7 Å². The Morgan fingerprint density at radius 2 is 1.35 bits per heavy atom. The van der Waals surface area contributed by atoms with Crippen molar-refractivity contribution in [2.75, 3.05) is 0 Å². The van der Waals surface area contributed by atoms with Crippen LogP contribution in [0, 0.1) is 33.6 Å². The fourth-order valence-electron chi connectivity index (χ4n) is 5.61. The molecular weight excluding hydrogens is 392 g/mol. The molecule has 31 heavy (non-hydrogen) atoms. The number of carbonyl (C=O) groups excluding carboxylic acids is 1. The minimum absolute atomic E-state index is 0.126. The van der Waals surface area contributed by atoms with E-state index in [0.29, 0.717) is 5.78 Å². The van der Waals surface area contributed by atoms with Gasteiger partial charge in [-0.2, -0.15) is 0 Å². The normalized spacial score (nSPS) is 22.5. The highest BCUT2D eigenvalue weighted by molar-refractivity contribution is 6.87. The van der Waals surface area contributed by atoms with Crippen LogP contribution in [0.1, 0.15) is 127 Å². The molecule has 0 aromatic heterocycles. The summed E-state index contributed by atoms with van der Waals surface area (Å²) in [7, 11) is -1.66. The van der Waals surface area contributed by atoms with Gasteiger partial charge in [0.1, 0.15) is 8.07 Å². The van der Waals surface area contributed by atoms with Gasteiger partial charge in [0, 0.05) is 5.92 Å². The monoisotopic (exact) mass is 446 g/mol. The lowest BCUT2D eigenvalue weighted by molar-refractivity contribution is -0.128. The largest absolute Gasteiger partial charge is 0.298 e. The fourth-order valence-corrected chi connectivity index (χ4v) is 10.3. The number of Topliss-reactive ketones (excluding diaryl/α,β-unsaturated/α-hetero) is 1. The third-order valence-corrected chi connectivity index (χ3v) is 11.6. The molecule has 0 amide bonds. The Morgan fingerprint density at radius 1 is 0.871 bits per heavy atom. The standard InChI is InChI=1S/C29H54OSi/c1-10-13-19-31(20-14-11-2,21-15-12-3)22-18-29(24-28(7,8)9)17-16-25(26(29)30)23-27(4,5)6/h25H,10-17,19-21,23-24H2,1-9H3/t25-,29-/m1/s1. The SMILES string of the molecule is CCCC[Si](C#C[C@@]1(CC(C)(C)C)CC[C@H](CC(C)(C)C)C1=O)(CCCC)CCCC. The molecule has 1 aliphatic rings. The molecule has 2 atom stereocenters. The Labute approximate surface area is 196 Å². The van der Waals surface area contributed by atoms with Crippen LogP contribution in [0.5, 0.6) is 0 Å². The van der Waals surface area contributed by atoms with Gasteiger partial charge in [-0.25, -0.2) is 0 Å². The summed E-state index contributed by atoms with van der Waals surface area (Å²) in [6.45, 7) is 20.6. The summed E-state index contributed by atoms with van der Waals surface area (Å²) in [5.74, 6) is 4.53. The second kappa shape index (κ2) is 12.1. The molecular formula is C29H54OSi. The predicted octanol–water partition coefficient (Wildman–Crippen LogP) is 9.22. The van der Waals surface area contributed by atoms with Crippen molar-refractivity contribution in [2.24, 2.45) is 22.2 Å². The van der Waals surface area contributed by atoms with Gasteiger partial charge in [-0.1, -0.05) is 107 Å². The van der Waals surface area contributed by atoms with E-state index >= 15 is 0 Å². The van der Waals surface area contributed by atoms with Crippen LogP contribution in [0.15, 0.2) is 0 Å². The van der Waals surface area contributed by atoms with Crippen LogP contribution >= 0.6 is 0 Å². The Balaban J connectivity index is 3.37. The van der Waals surface area contributed by atoms with Crippen molar-refractivity contribution in [1.29, 1.82) is 0 Å². The molecule has 0 heterocycles. The van der Waals surface area contributed by atoms with Crippen LogP contribution in [0.2, 0.25) is 18.1 Å². The number of hydrogen-bond donors (Lipinski definition) is 0. The Hall–Kier alpha value is -0.553. The zero-order chi connectivity index (χ0) is 23.8. The number of hydrogen-bond acceptors (Lipinski definition) is 1. The van der Waals surface area contributed by atoms with E-state index in [1.807, 2.05) is 0 Å². The molecule has 0 spiro atoms. The van der Waals surface area contributed by atoms with E-state index in [0.717, 1.165) is 25.7 Å². The summed E-state index contributed by atoms with van der Waals surface area (Å²) in [6, 6.07) is 4.01. The first-order chi connectivity index (χ1) is 14.3. The highest BCUT2D eigenvalue weighted by atomic mass is 28.3. The summed E-state index contributed by atoms with van der Waals surface area (Å²) in [6.07, 6.45) is 11.6. The van der Waals surface area contributed by atoms with Crippen LogP contribution < -0.4 is 0 Å². The van der Waals surface area contributed by atoms with E-state index in [4.69, 9.17) is 0 Å². The first-order valence-corrected chi connectivity index (χ1v) is 16.0. The second-order valence-electron chi connectivity index (χ2n) is 13.0. The van der Waals surface area contributed by atoms with Gasteiger partial charge in [0.05, 0.1) is 5.41 Å². The molecule has 0 radical (unpaired) electrons. The summed E-state index contributed by atoms with van der Waals surface area (Å²) in [5.41, 5.74) is 3.96. The van der Waals surface area contributed by atoms with Gasteiger partial charge in [-0.3, -0.25) is 4.79 Å². The average Bonchev–Trinajstić information content (AvgIpc) is 2.94. The third-order valence-electron chi connectivity index (χ3n) is 7.05. The van der Waals surface area contributed by atoms with Crippen molar-refractivity contribution < 1.29 is 4.79 Å². The Kier molecular flexibility index (Phi) is 11.1. The molecule has 1 fully saturated rings. The summed E-state index contributed by atoms with van der Waals surface area (Å²) in [4.78, 5) is 13.9. The van der Waals surface area contributed by atoms with Crippen molar-refractivity contribution in [3.63, 3.8) is 0 Å². The smallest absolute Gasteiger partial charge is 0.153 e. The highest BCUT2D eigenvalue weighted by Gasteiger charge is 2.49. The highest BCUT2D eigenvalue weighted by Crippen LogP contribution is 2.48. The first-order valence-electron chi connectivity index (χ1n) is 13.4. The fraction of sp³-hybridized carbons (Fsp3) is 0.897. The molecule has 0 unspecified atom stereocenters. The van der Waals surface area contributed by atoms with Crippen LogP contribution in [0.4, 0.5) is 0 Å². The first kappa shape index (κ1) is 28.5. The maximum absolute atomic E-state index is 13.9. The van der Waals surface area contributed by atoms with Gasteiger partial charge in [-0.05, 0) is 54.6 Å². The minimum Gasteiger partial charge on any atom is -0.298 e. The third kappa shape index (κ3) is 9.45. The molecule has 1 aliphatic carbocycles. The van der Waals surface area contributed by atoms with Crippen molar-refractivity contribution in [3.8, 4) is 11.5 Å². The summed E-state index contributed by atoms with van der Waals surface area (Å²) in [5, 5.41) is 0. The molecule has 2 heteroatoms. The van der Waals surface area contributed by atoms with Crippen LogP contribution in [-0.4, -0.2) is 13.9 Å². The van der Waals surface area contributed by atoms with E-state index < -0.39 is 13.5 Å². The van der Waals surface area contributed by atoms with Gasteiger partial charge >= 0.3 is 0 Å². The van der Waals surface area contributed by atoms with Crippen molar-refractivity contribution >= 4 is 13.9 Å². The molecule has 0 aromatic carbocycles. The predicted molar refractivity (Wildman–Crippen MR) is 141 cm³/mol. The maximum Gasteiger partial charge on any atom is 0.153 e.